The SMILES string of the molecule is CN=C(NCc1cc(F)ccc1CS(C)(=O)=O)NCC(C)(C)CC(C)C. The third-order valence-electron chi connectivity index (χ3n) is 3.95. The molecule has 1 aromatic rings. The van der Waals surface area contributed by atoms with E-state index in [1.807, 2.05) is 0 Å². The van der Waals surface area contributed by atoms with Crippen LogP contribution in [-0.4, -0.2) is 34.2 Å². The number of nitrogens with zero attached hydrogens (tertiary/aromatic N) is 1. The predicted octanol–water partition coefficient (Wildman–Crippen LogP) is 3.11. The maximum absolute atomic E-state index is 13.6. The number of halogens is 1. The van der Waals surface area contributed by atoms with E-state index in [1.54, 1.807) is 7.05 Å². The Morgan fingerprint density at radius 2 is 1.88 bits per heavy atom. The second kappa shape index (κ2) is 9.35. The molecule has 0 radical (unpaired) electrons. The molecule has 0 atom stereocenters. The van der Waals surface area contributed by atoms with Crippen molar-refractivity contribution in [3.05, 3.63) is 35.1 Å². The van der Waals surface area contributed by atoms with Crippen LogP contribution in [-0.2, 0) is 22.1 Å². The van der Waals surface area contributed by atoms with Crippen LogP contribution >= 0.6 is 0 Å². The van der Waals surface area contributed by atoms with Crippen molar-refractivity contribution in [2.75, 3.05) is 19.8 Å². The van der Waals surface area contributed by atoms with Gasteiger partial charge in [0.15, 0.2) is 15.8 Å². The molecular formula is C19H32FN3O2S. The van der Waals surface area contributed by atoms with E-state index in [1.165, 1.54) is 24.5 Å². The zero-order valence-electron chi connectivity index (χ0n) is 16.7. The molecule has 7 heteroatoms. The van der Waals surface area contributed by atoms with Gasteiger partial charge in [-0.2, -0.15) is 0 Å². The number of guanidine groups is 1. The fourth-order valence-corrected chi connectivity index (χ4v) is 3.93. The molecule has 2 N–H and O–H groups in total. The molecule has 0 unspecified atom stereocenters. The van der Waals surface area contributed by atoms with E-state index in [9.17, 15) is 12.8 Å². The van der Waals surface area contributed by atoms with Gasteiger partial charge >= 0.3 is 0 Å². The average molecular weight is 386 g/mol. The normalized spacial score (nSPS) is 13.2. The van der Waals surface area contributed by atoms with Gasteiger partial charge in [-0.05, 0) is 41.0 Å². The van der Waals surface area contributed by atoms with Crippen LogP contribution in [0.1, 0.15) is 45.2 Å². The molecule has 0 aliphatic heterocycles. The lowest BCUT2D eigenvalue weighted by Gasteiger charge is -2.28. The monoisotopic (exact) mass is 385 g/mol. The van der Waals surface area contributed by atoms with Crippen LogP contribution in [0.4, 0.5) is 4.39 Å². The largest absolute Gasteiger partial charge is 0.356 e. The molecule has 5 nitrogen and oxygen atoms in total. The van der Waals surface area contributed by atoms with E-state index in [4.69, 9.17) is 0 Å². The van der Waals surface area contributed by atoms with Gasteiger partial charge in [-0.1, -0.05) is 33.8 Å². The molecule has 0 aromatic heterocycles. The van der Waals surface area contributed by atoms with Crippen molar-refractivity contribution in [1.82, 2.24) is 10.6 Å². The molecule has 0 saturated carbocycles. The van der Waals surface area contributed by atoms with E-state index < -0.39 is 9.84 Å². The summed E-state index contributed by atoms with van der Waals surface area (Å²) in [5.41, 5.74) is 1.32. The summed E-state index contributed by atoms with van der Waals surface area (Å²) in [7, 11) is -1.52. The Morgan fingerprint density at radius 3 is 2.42 bits per heavy atom. The average Bonchev–Trinajstić information content (AvgIpc) is 2.47. The van der Waals surface area contributed by atoms with Crippen molar-refractivity contribution >= 4 is 15.8 Å². The third-order valence-corrected chi connectivity index (χ3v) is 4.79. The highest BCUT2D eigenvalue weighted by atomic mass is 32.2. The molecule has 0 fully saturated rings. The molecule has 0 spiro atoms. The van der Waals surface area contributed by atoms with Crippen molar-refractivity contribution in [3.63, 3.8) is 0 Å². The molecule has 0 amide bonds. The number of aliphatic imine (C=N–C) groups is 1. The number of sulfone groups is 1. The lowest BCUT2D eigenvalue weighted by atomic mass is 9.84. The van der Waals surface area contributed by atoms with Crippen LogP contribution in [0.2, 0.25) is 0 Å². The first-order valence-corrected chi connectivity index (χ1v) is 10.9. The van der Waals surface area contributed by atoms with Crippen molar-refractivity contribution in [2.24, 2.45) is 16.3 Å². The number of benzene rings is 1. The molecule has 0 saturated heterocycles. The molecule has 1 rings (SSSR count). The highest BCUT2D eigenvalue weighted by Gasteiger charge is 2.20. The first-order valence-electron chi connectivity index (χ1n) is 8.81. The first-order chi connectivity index (χ1) is 11.9. The topological polar surface area (TPSA) is 70.6 Å². The van der Waals surface area contributed by atoms with Gasteiger partial charge in [-0.25, -0.2) is 12.8 Å². The Morgan fingerprint density at radius 1 is 1.23 bits per heavy atom. The fraction of sp³-hybridized carbons (Fsp3) is 0.632. The zero-order valence-corrected chi connectivity index (χ0v) is 17.5. The van der Waals surface area contributed by atoms with Gasteiger partial charge in [-0.15, -0.1) is 0 Å². The van der Waals surface area contributed by atoms with Gasteiger partial charge in [0.2, 0.25) is 0 Å². The van der Waals surface area contributed by atoms with E-state index in [-0.39, 0.29) is 17.0 Å². The van der Waals surface area contributed by atoms with Crippen LogP contribution in [0.3, 0.4) is 0 Å². The summed E-state index contributed by atoms with van der Waals surface area (Å²) < 4.78 is 36.8. The van der Waals surface area contributed by atoms with E-state index >= 15 is 0 Å². The maximum atomic E-state index is 13.6. The molecule has 0 aliphatic rings. The highest BCUT2D eigenvalue weighted by Crippen LogP contribution is 2.24. The summed E-state index contributed by atoms with van der Waals surface area (Å²) in [4.78, 5) is 4.19. The van der Waals surface area contributed by atoms with Crippen molar-refractivity contribution in [2.45, 2.75) is 46.4 Å². The lowest BCUT2D eigenvalue weighted by Crippen LogP contribution is -2.42. The molecule has 0 heterocycles. The van der Waals surface area contributed by atoms with Crippen molar-refractivity contribution < 1.29 is 12.8 Å². The highest BCUT2D eigenvalue weighted by molar-refractivity contribution is 7.89. The van der Waals surface area contributed by atoms with Gasteiger partial charge in [0.25, 0.3) is 0 Å². The summed E-state index contributed by atoms with van der Waals surface area (Å²) in [5.74, 6) is 0.710. The summed E-state index contributed by atoms with van der Waals surface area (Å²) in [5, 5.41) is 6.44. The minimum atomic E-state index is -3.19. The van der Waals surface area contributed by atoms with E-state index in [0.29, 0.717) is 29.5 Å². The van der Waals surface area contributed by atoms with Crippen molar-refractivity contribution in [1.29, 1.82) is 0 Å². The second-order valence-corrected chi connectivity index (χ2v) is 10.2. The number of nitrogens with one attached hydrogen (secondary N) is 2. The molecule has 26 heavy (non-hydrogen) atoms. The minimum Gasteiger partial charge on any atom is -0.356 e. The Kier molecular flexibility index (Phi) is 8.06. The number of rotatable bonds is 8. The number of hydrogen-bond acceptors (Lipinski definition) is 3. The summed E-state index contributed by atoms with van der Waals surface area (Å²) >= 11 is 0. The summed E-state index contributed by atoms with van der Waals surface area (Å²) in [6.07, 6.45) is 2.25. The third kappa shape index (κ3) is 8.65. The second-order valence-electron chi connectivity index (χ2n) is 8.02. The minimum absolute atomic E-state index is 0.113. The van der Waals surface area contributed by atoms with Crippen LogP contribution < -0.4 is 10.6 Å². The first kappa shape index (κ1) is 22.4. The summed E-state index contributed by atoms with van der Waals surface area (Å²) in [6.45, 7) is 9.84. The Balaban J connectivity index is 2.76. The molecule has 0 aliphatic carbocycles. The smallest absolute Gasteiger partial charge is 0.191 e. The van der Waals surface area contributed by atoms with Crippen LogP contribution in [0.5, 0.6) is 0 Å². The van der Waals surface area contributed by atoms with Crippen LogP contribution in [0.25, 0.3) is 0 Å². The summed E-state index contributed by atoms with van der Waals surface area (Å²) in [6, 6.07) is 4.17. The van der Waals surface area contributed by atoms with Gasteiger partial charge in [0.05, 0.1) is 5.75 Å². The quantitative estimate of drug-likeness (QED) is 0.533. The predicted molar refractivity (Wildman–Crippen MR) is 106 cm³/mol. The van der Waals surface area contributed by atoms with Crippen molar-refractivity contribution in [3.8, 4) is 0 Å². The van der Waals surface area contributed by atoms with Gasteiger partial charge in [0, 0.05) is 26.4 Å². The van der Waals surface area contributed by atoms with Gasteiger partial charge in [0.1, 0.15) is 5.82 Å². The zero-order chi connectivity index (χ0) is 20.0. The molecule has 148 valence electrons. The Hall–Kier alpha value is -1.63. The van der Waals surface area contributed by atoms with E-state index in [2.05, 4.69) is 43.3 Å². The standard InChI is InChI=1S/C19H32FN3O2S/c1-14(2)10-19(3,4)13-23-18(21-5)22-11-16-9-17(20)8-7-15(16)12-26(6,24)25/h7-9,14H,10-13H2,1-6H3,(H2,21,22,23). The Labute approximate surface area is 157 Å². The van der Waals surface area contributed by atoms with Crippen LogP contribution in [0, 0.1) is 17.2 Å². The lowest BCUT2D eigenvalue weighted by molar-refractivity contribution is 0.286. The Bertz CT molecular complexity index is 728. The van der Waals surface area contributed by atoms with Crippen LogP contribution in [0.15, 0.2) is 23.2 Å². The molecule has 1 aromatic carbocycles. The molecular weight excluding hydrogens is 353 g/mol. The van der Waals surface area contributed by atoms with Gasteiger partial charge < -0.3 is 10.6 Å². The van der Waals surface area contributed by atoms with E-state index in [0.717, 1.165) is 13.0 Å². The van der Waals surface area contributed by atoms with Gasteiger partial charge in [-0.3, -0.25) is 4.99 Å². The number of hydrogen-bond donors (Lipinski definition) is 2. The molecule has 0 bridgehead atoms. The maximum Gasteiger partial charge on any atom is 0.191 e. The fourth-order valence-electron chi connectivity index (χ4n) is 3.08.